The average molecular weight is 402 g/mol. The molecule has 0 aromatic heterocycles. The van der Waals surface area contributed by atoms with Crippen molar-refractivity contribution in [2.24, 2.45) is 0 Å². The molecule has 1 heterocycles. The summed E-state index contributed by atoms with van der Waals surface area (Å²) in [5, 5.41) is 2.96. The molecule has 0 aliphatic carbocycles. The van der Waals surface area contributed by atoms with Crippen LogP contribution in [0.1, 0.15) is 18.1 Å². The highest BCUT2D eigenvalue weighted by Crippen LogP contribution is 2.19. The summed E-state index contributed by atoms with van der Waals surface area (Å²) in [5.41, 5.74) is 2.08. The smallest absolute Gasteiger partial charge is 0.243 e. The van der Waals surface area contributed by atoms with Crippen molar-refractivity contribution in [3.63, 3.8) is 0 Å². The van der Waals surface area contributed by atoms with Crippen LogP contribution in [0.3, 0.4) is 0 Å². The number of carbonyl (C=O) groups is 1. The summed E-state index contributed by atoms with van der Waals surface area (Å²) in [6, 6.07) is 16.4. The van der Waals surface area contributed by atoms with E-state index in [0.29, 0.717) is 37.6 Å². The summed E-state index contributed by atoms with van der Waals surface area (Å²) < 4.78 is 27.1. The number of sulfonamides is 1. The van der Waals surface area contributed by atoms with Crippen molar-refractivity contribution >= 4 is 15.9 Å². The number of carbonyl (C=O) groups excluding carboxylic acids is 1. The molecule has 28 heavy (non-hydrogen) atoms. The Balaban J connectivity index is 1.54. The molecule has 1 saturated heterocycles. The minimum atomic E-state index is -3.49. The van der Waals surface area contributed by atoms with Crippen LogP contribution in [0.25, 0.3) is 0 Å². The van der Waals surface area contributed by atoms with Crippen LogP contribution in [0.15, 0.2) is 59.5 Å². The molecule has 1 atom stereocenters. The summed E-state index contributed by atoms with van der Waals surface area (Å²) in [6.07, 6.45) is 0. The van der Waals surface area contributed by atoms with Crippen molar-refractivity contribution in [3.8, 4) is 0 Å². The normalized spacial score (nSPS) is 17.2. The maximum Gasteiger partial charge on any atom is 0.243 e. The lowest BCUT2D eigenvalue weighted by Gasteiger charge is -2.36. The molecule has 1 unspecified atom stereocenters. The second-order valence-corrected chi connectivity index (χ2v) is 9.07. The number of nitrogens with zero attached hydrogens (tertiary/aromatic N) is 2. The molecule has 0 spiro atoms. The van der Waals surface area contributed by atoms with E-state index in [4.69, 9.17) is 0 Å². The molecule has 1 N–H and O–H groups in total. The Labute approximate surface area is 167 Å². The zero-order chi connectivity index (χ0) is 20.1. The molecule has 150 valence electrons. The lowest BCUT2D eigenvalue weighted by atomic mass is 10.2. The van der Waals surface area contributed by atoms with Gasteiger partial charge in [-0.2, -0.15) is 4.31 Å². The number of nitrogens with one attached hydrogen (secondary N) is 1. The van der Waals surface area contributed by atoms with Crippen LogP contribution in [0.5, 0.6) is 0 Å². The number of hydrogen-bond donors (Lipinski definition) is 1. The predicted molar refractivity (Wildman–Crippen MR) is 109 cm³/mol. The molecule has 0 radical (unpaired) electrons. The van der Waals surface area contributed by atoms with Gasteiger partial charge in [-0.1, -0.05) is 48.0 Å². The van der Waals surface area contributed by atoms with Crippen LogP contribution < -0.4 is 5.32 Å². The average Bonchev–Trinajstić information content (AvgIpc) is 2.72. The summed E-state index contributed by atoms with van der Waals surface area (Å²) >= 11 is 0. The fourth-order valence-corrected chi connectivity index (χ4v) is 4.71. The number of amides is 1. The van der Waals surface area contributed by atoms with Crippen molar-refractivity contribution in [2.45, 2.75) is 31.3 Å². The third kappa shape index (κ3) is 4.79. The van der Waals surface area contributed by atoms with E-state index in [1.165, 1.54) is 4.31 Å². The van der Waals surface area contributed by atoms with Gasteiger partial charge in [0.1, 0.15) is 0 Å². The Morgan fingerprint density at radius 2 is 1.61 bits per heavy atom. The molecule has 3 rings (SSSR count). The van der Waals surface area contributed by atoms with Crippen LogP contribution in [0.2, 0.25) is 0 Å². The molecule has 6 nitrogen and oxygen atoms in total. The van der Waals surface area contributed by atoms with E-state index in [1.807, 2.05) is 61.2 Å². The van der Waals surface area contributed by atoms with Crippen LogP contribution >= 0.6 is 0 Å². The Hall–Kier alpha value is -2.22. The number of benzene rings is 2. The van der Waals surface area contributed by atoms with Crippen molar-refractivity contribution in [1.82, 2.24) is 14.5 Å². The molecule has 1 aliphatic rings. The number of hydrogen-bond acceptors (Lipinski definition) is 4. The van der Waals surface area contributed by atoms with Gasteiger partial charge >= 0.3 is 0 Å². The van der Waals surface area contributed by atoms with Crippen molar-refractivity contribution in [1.29, 1.82) is 0 Å². The van der Waals surface area contributed by atoms with Crippen LogP contribution in [0.4, 0.5) is 0 Å². The van der Waals surface area contributed by atoms with Gasteiger partial charge in [0, 0.05) is 32.7 Å². The first-order valence-electron chi connectivity index (χ1n) is 9.50. The van der Waals surface area contributed by atoms with Gasteiger partial charge in [-0.05, 0) is 31.5 Å². The van der Waals surface area contributed by atoms with E-state index in [2.05, 4.69) is 5.32 Å². The van der Waals surface area contributed by atoms with Crippen molar-refractivity contribution in [3.05, 3.63) is 65.7 Å². The monoisotopic (exact) mass is 401 g/mol. The topological polar surface area (TPSA) is 69.7 Å². The maximum absolute atomic E-state index is 12.8. The first-order chi connectivity index (χ1) is 13.4. The van der Waals surface area contributed by atoms with E-state index in [0.717, 1.165) is 11.1 Å². The minimum Gasteiger partial charge on any atom is -0.351 e. The standard InChI is InChI=1S/C21H27N3O3S/c1-17-8-10-20(11-9-17)28(26,27)24-14-12-23(13-15-24)18(2)21(25)22-16-19-6-4-3-5-7-19/h3-11,18H,12-16H2,1-2H3,(H,22,25). The molecule has 0 saturated carbocycles. The Bertz CT molecular complexity index is 890. The SMILES string of the molecule is Cc1ccc(S(=O)(=O)N2CCN(C(C)C(=O)NCc3ccccc3)CC2)cc1. The van der Waals surface area contributed by atoms with Gasteiger partial charge in [0.05, 0.1) is 10.9 Å². The second kappa shape index (κ2) is 8.86. The largest absolute Gasteiger partial charge is 0.351 e. The maximum atomic E-state index is 12.8. The van der Waals surface area contributed by atoms with Crippen LogP contribution in [-0.2, 0) is 21.4 Å². The van der Waals surface area contributed by atoms with E-state index < -0.39 is 10.0 Å². The van der Waals surface area contributed by atoms with E-state index >= 15 is 0 Å². The number of rotatable bonds is 6. The molecular weight excluding hydrogens is 374 g/mol. The summed E-state index contributed by atoms with van der Waals surface area (Å²) in [6.45, 7) is 6.12. The first kappa shape index (κ1) is 20.5. The zero-order valence-electron chi connectivity index (χ0n) is 16.3. The lowest BCUT2D eigenvalue weighted by molar-refractivity contribution is -0.126. The minimum absolute atomic E-state index is 0.0429. The quantitative estimate of drug-likeness (QED) is 0.804. The summed E-state index contributed by atoms with van der Waals surface area (Å²) in [5.74, 6) is -0.0429. The van der Waals surface area contributed by atoms with E-state index in [-0.39, 0.29) is 11.9 Å². The van der Waals surface area contributed by atoms with Gasteiger partial charge in [-0.15, -0.1) is 0 Å². The van der Waals surface area contributed by atoms with Crippen LogP contribution in [0, 0.1) is 6.92 Å². The Kier molecular flexibility index (Phi) is 6.49. The number of piperazine rings is 1. The van der Waals surface area contributed by atoms with Crippen molar-refractivity contribution < 1.29 is 13.2 Å². The number of aryl methyl sites for hydroxylation is 1. The molecule has 1 aliphatic heterocycles. The lowest BCUT2D eigenvalue weighted by Crippen LogP contribution is -2.54. The van der Waals surface area contributed by atoms with Gasteiger partial charge in [0.2, 0.25) is 15.9 Å². The van der Waals surface area contributed by atoms with E-state index in [1.54, 1.807) is 12.1 Å². The molecular formula is C21H27N3O3S. The summed E-state index contributed by atoms with van der Waals surface area (Å²) in [4.78, 5) is 14.8. The predicted octanol–water partition coefficient (Wildman–Crippen LogP) is 2.01. The molecule has 0 bridgehead atoms. The van der Waals surface area contributed by atoms with Gasteiger partial charge in [-0.25, -0.2) is 8.42 Å². The molecule has 1 fully saturated rings. The van der Waals surface area contributed by atoms with Gasteiger partial charge in [0.25, 0.3) is 0 Å². The van der Waals surface area contributed by atoms with Crippen molar-refractivity contribution in [2.75, 3.05) is 26.2 Å². The van der Waals surface area contributed by atoms with Crippen LogP contribution in [-0.4, -0.2) is 55.8 Å². The second-order valence-electron chi connectivity index (χ2n) is 7.13. The highest BCUT2D eigenvalue weighted by atomic mass is 32.2. The fourth-order valence-electron chi connectivity index (χ4n) is 3.29. The fraction of sp³-hybridized carbons (Fsp3) is 0.381. The molecule has 2 aromatic carbocycles. The van der Waals surface area contributed by atoms with E-state index in [9.17, 15) is 13.2 Å². The molecule has 1 amide bonds. The Morgan fingerprint density at radius 3 is 2.21 bits per heavy atom. The molecule has 7 heteroatoms. The summed E-state index contributed by atoms with van der Waals surface area (Å²) in [7, 11) is -3.49. The third-order valence-corrected chi connectivity index (χ3v) is 7.08. The highest BCUT2D eigenvalue weighted by molar-refractivity contribution is 7.89. The zero-order valence-corrected chi connectivity index (χ0v) is 17.2. The van der Waals surface area contributed by atoms with Gasteiger partial charge < -0.3 is 5.32 Å². The first-order valence-corrected chi connectivity index (χ1v) is 10.9. The van der Waals surface area contributed by atoms with Gasteiger partial charge in [0.15, 0.2) is 0 Å². The molecule has 2 aromatic rings. The highest BCUT2D eigenvalue weighted by Gasteiger charge is 2.31. The van der Waals surface area contributed by atoms with Gasteiger partial charge in [-0.3, -0.25) is 9.69 Å². The third-order valence-electron chi connectivity index (χ3n) is 5.17. The Morgan fingerprint density at radius 1 is 1.00 bits per heavy atom.